The molecule has 43 heavy (non-hydrogen) atoms. The highest BCUT2D eigenvalue weighted by Crippen LogP contribution is 2.32. The van der Waals surface area contributed by atoms with Crippen LogP contribution in [0.2, 0.25) is 0 Å². The molecule has 0 aliphatic rings. The van der Waals surface area contributed by atoms with Gasteiger partial charge in [-0.05, 0) is 38.5 Å². The summed E-state index contributed by atoms with van der Waals surface area (Å²) in [7, 11) is 0. The standard InChI is InChI=1S/C36H67NO6/c1-5-9-10-11-12-13-14-15-16-17-18-19-20-21-22-23-24-25-26-27-28-29-30-37(31(6-2)34(38)39,32(7-3)35(40)41)33(8-4)36(42)43/h19-20,31-33H,5-18,21-30H2,1-4H3,(H2-,38,39,40,41,42,43)/p+1/b20-19+. The summed E-state index contributed by atoms with van der Waals surface area (Å²) < 4.78 is -0.407. The van der Waals surface area contributed by atoms with Crippen LogP contribution in [0.15, 0.2) is 12.2 Å². The van der Waals surface area contributed by atoms with Crippen LogP contribution in [0.1, 0.15) is 175 Å². The number of unbranched alkanes of at least 4 members (excludes halogenated alkanes) is 18. The minimum absolute atomic E-state index is 0.192. The zero-order chi connectivity index (χ0) is 32.3. The number of hydrogen-bond acceptors (Lipinski definition) is 3. The summed E-state index contributed by atoms with van der Waals surface area (Å²) in [6.07, 6.45) is 29.8. The van der Waals surface area contributed by atoms with Gasteiger partial charge in [-0.1, -0.05) is 130 Å². The van der Waals surface area contributed by atoms with Gasteiger partial charge in [0, 0.05) is 19.3 Å². The van der Waals surface area contributed by atoms with Crippen molar-refractivity contribution in [3.05, 3.63) is 12.2 Å². The maximum absolute atomic E-state index is 12.3. The smallest absolute Gasteiger partial charge is 0.362 e. The maximum Gasteiger partial charge on any atom is 0.362 e. The summed E-state index contributed by atoms with van der Waals surface area (Å²) >= 11 is 0. The Morgan fingerprint density at radius 3 is 1.02 bits per heavy atom. The third-order valence-electron chi connectivity index (χ3n) is 9.31. The Balaban J connectivity index is 4.33. The minimum atomic E-state index is -1.12. The maximum atomic E-state index is 12.3. The minimum Gasteiger partial charge on any atom is -0.477 e. The molecule has 0 aromatic heterocycles. The van der Waals surface area contributed by atoms with Gasteiger partial charge in [-0.3, -0.25) is 4.48 Å². The van der Waals surface area contributed by atoms with Gasteiger partial charge < -0.3 is 15.3 Å². The van der Waals surface area contributed by atoms with Crippen LogP contribution in [0.3, 0.4) is 0 Å². The van der Waals surface area contributed by atoms with Crippen molar-refractivity contribution in [1.82, 2.24) is 0 Å². The molecular formula is C36H68NO6+. The van der Waals surface area contributed by atoms with E-state index in [4.69, 9.17) is 0 Å². The molecule has 0 saturated heterocycles. The monoisotopic (exact) mass is 611 g/mol. The Kier molecular flexibility index (Phi) is 25.3. The van der Waals surface area contributed by atoms with Gasteiger partial charge in [-0.25, -0.2) is 14.4 Å². The predicted octanol–water partition coefficient (Wildman–Crippen LogP) is 9.77. The van der Waals surface area contributed by atoms with Crippen LogP contribution >= 0.6 is 0 Å². The summed E-state index contributed by atoms with van der Waals surface area (Å²) in [6.45, 7) is 7.66. The van der Waals surface area contributed by atoms with Crippen molar-refractivity contribution in [2.45, 2.75) is 193 Å². The van der Waals surface area contributed by atoms with Crippen LogP contribution < -0.4 is 0 Å². The highest BCUT2D eigenvalue weighted by molar-refractivity contribution is 5.78. The molecule has 0 aliphatic carbocycles. The Hall–Kier alpha value is -1.89. The summed E-state index contributed by atoms with van der Waals surface area (Å²) in [5.74, 6) is -3.35. The van der Waals surface area contributed by atoms with E-state index in [1.54, 1.807) is 20.8 Å². The van der Waals surface area contributed by atoms with E-state index < -0.39 is 40.5 Å². The molecule has 0 radical (unpaired) electrons. The molecule has 0 spiro atoms. The van der Waals surface area contributed by atoms with Gasteiger partial charge in [-0.15, -0.1) is 0 Å². The van der Waals surface area contributed by atoms with Crippen LogP contribution in [0.25, 0.3) is 0 Å². The fraction of sp³-hybridized carbons (Fsp3) is 0.861. The van der Waals surface area contributed by atoms with Crippen molar-refractivity contribution >= 4 is 17.9 Å². The predicted molar refractivity (Wildman–Crippen MR) is 177 cm³/mol. The zero-order valence-corrected chi connectivity index (χ0v) is 28.4. The zero-order valence-electron chi connectivity index (χ0n) is 28.4. The van der Waals surface area contributed by atoms with Crippen LogP contribution in [0.5, 0.6) is 0 Å². The van der Waals surface area contributed by atoms with Crippen molar-refractivity contribution in [1.29, 1.82) is 0 Å². The van der Waals surface area contributed by atoms with Crippen LogP contribution in [-0.4, -0.2) is 62.4 Å². The van der Waals surface area contributed by atoms with Gasteiger partial charge in [0.05, 0.1) is 6.54 Å². The molecule has 3 unspecified atom stereocenters. The lowest BCUT2D eigenvalue weighted by molar-refractivity contribution is -0.973. The summed E-state index contributed by atoms with van der Waals surface area (Å²) in [5, 5.41) is 30.1. The molecule has 3 N–H and O–H groups in total. The Morgan fingerprint density at radius 1 is 0.465 bits per heavy atom. The molecule has 0 heterocycles. The third kappa shape index (κ3) is 16.7. The van der Waals surface area contributed by atoms with Gasteiger partial charge in [0.25, 0.3) is 0 Å². The van der Waals surface area contributed by atoms with Gasteiger partial charge in [0.15, 0.2) is 18.1 Å². The van der Waals surface area contributed by atoms with E-state index in [1.165, 1.54) is 89.9 Å². The van der Waals surface area contributed by atoms with Crippen LogP contribution in [0.4, 0.5) is 0 Å². The fourth-order valence-corrected chi connectivity index (χ4v) is 6.97. The van der Waals surface area contributed by atoms with E-state index in [1.807, 2.05) is 0 Å². The summed E-state index contributed by atoms with van der Waals surface area (Å²) in [4.78, 5) is 36.8. The van der Waals surface area contributed by atoms with Crippen LogP contribution in [0, 0.1) is 0 Å². The van der Waals surface area contributed by atoms with E-state index in [0.717, 1.165) is 32.1 Å². The first-order valence-electron chi connectivity index (χ1n) is 17.9. The molecule has 7 nitrogen and oxygen atoms in total. The lowest BCUT2D eigenvalue weighted by Gasteiger charge is -2.49. The van der Waals surface area contributed by atoms with Crippen molar-refractivity contribution < 1.29 is 34.2 Å². The first-order chi connectivity index (χ1) is 20.7. The molecule has 0 saturated carbocycles. The molecular weight excluding hydrogens is 542 g/mol. The number of aliphatic carboxylic acids is 3. The van der Waals surface area contributed by atoms with Crippen molar-refractivity contribution in [3.63, 3.8) is 0 Å². The second-order valence-electron chi connectivity index (χ2n) is 12.6. The number of carbonyl (C=O) groups is 3. The third-order valence-corrected chi connectivity index (χ3v) is 9.31. The number of quaternary nitrogens is 1. The molecule has 0 aromatic carbocycles. The quantitative estimate of drug-likeness (QED) is 0.0409. The van der Waals surface area contributed by atoms with Gasteiger partial charge in [-0.2, -0.15) is 0 Å². The van der Waals surface area contributed by atoms with Crippen molar-refractivity contribution in [3.8, 4) is 0 Å². The summed E-state index contributed by atoms with van der Waals surface area (Å²) in [6, 6.07) is -3.19. The highest BCUT2D eigenvalue weighted by Gasteiger charge is 2.55. The average molecular weight is 611 g/mol. The van der Waals surface area contributed by atoms with Gasteiger partial charge >= 0.3 is 17.9 Å². The largest absolute Gasteiger partial charge is 0.477 e. The van der Waals surface area contributed by atoms with E-state index >= 15 is 0 Å². The fourth-order valence-electron chi connectivity index (χ4n) is 6.97. The molecule has 7 heteroatoms. The number of nitrogens with zero attached hydrogens (tertiary/aromatic N) is 1. The SMILES string of the molecule is CCCCCCCCCCCC/C=C/CCCCCCCCCC[N+](C(CC)C(=O)O)(C(CC)C(=O)O)C(CC)C(=O)O. The highest BCUT2D eigenvalue weighted by atomic mass is 16.4. The number of allylic oxidation sites excluding steroid dienone is 2. The van der Waals surface area contributed by atoms with Crippen molar-refractivity contribution in [2.24, 2.45) is 0 Å². The first kappa shape index (κ1) is 41.1. The number of carboxylic acids is 3. The second-order valence-corrected chi connectivity index (χ2v) is 12.6. The topological polar surface area (TPSA) is 112 Å². The second kappa shape index (κ2) is 26.5. The van der Waals surface area contributed by atoms with E-state index in [9.17, 15) is 29.7 Å². The number of rotatable bonds is 31. The van der Waals surface area contributed by atoms with E-state index in [-0.39, 0.29) is 25.8 Å². The molecule has 0 rings (SSSR count). The van der Waals surface area contributed by atoms with Gasteiger partial charge in [0.2, 0.25) is 0 Å². The summed E-state index contributed by atoms with van der Waals surface area (Å²) in [5.41, 5.74) is 0. The molecule has 0 aliphatic heterocycles. The average Bonchev–Trinajstić information content (AvgIpc) is 2.96. The lowest BCUT2D eigenvalue weighted by Crippen LogP contribution is -2.72. The van der Waals surface area contributed by atoms with Gasteiger partial charge in [0.1, 0.15) is 0 Å². The van der Waals surface area contributed by atoms with Crippen molar-refractivity contribution in [2.75, 3.05) is 6.54 Å². The number of hydrogen-bond donors (Lipinski definition) is 3. The molecule has 0 amide bonds. The molecule has 3 atom stereocenters. The normalized spacial score (nSPS) is 15.3. The number of carboxylic acid groups (broad SMARTS) is 3. The Labute approximate surface area is 264 Å². The molecule has 0 bridgehead atoms. The molecule has 252 valence electrons. The first-order valence-corrected chi connectivity index (χ1v) is 17.9. The Morgan fingerprint density at radius 2 is 0.744 bits per heavy atom. The van der Waals surface area contributed by atoms with Crippen LogP contribution in [-0.2, 0) is 14.4 Å². The van der Waals surface area contributed by atoms with E-state index in [2.05, 4.69) is 19.1 Å². The van der Waals surface area contributed by atoms with E-state index in [0.29, 0.717) is 6.42 Å². The Bertz CT molecular complexity index is 697. The molecule has 0 aromatic rings. The molecule has 0 fully saturated rings. The lowest BCUT2D eigenvalue weighted by atomic mass is 9.93.